The first-order valence-electron chi connectivity index (χ1n) is 6.31. The predicted octanol–water partition coefficient (Wildman–Crippen LogP) is 4.74. The number of rotatable bonds is 4. The molecule has 0 aliphatic heterocycles. The van der Waals surface area contributed by atoms with Crippen LogP contribution in [0.2, 0.25) is 0 Å². The van der Waals surface area contributed by atoms with E-state index in [1.807, 2.05) is 11.3 Å². The molecule has 1 heterocycles. The van der Waals surface area contributed by atoms with Gasteiger partial charge in [0.15, 0.2) is 0 Å². The minimum atomic E-state index is 0.779. The van der Waals surface area contributed by atoms with Gasteiger partial charge in [-0.25, -0.2) is 0 Å². The second kappa shape index (κ2) is 5.16. The van der Waals surface area contributed by atoms with Gasteiger partial charge in [0, 0.05) is 32.4 Å². The van der Waals surface area contributed by atoms with Crippen LogP contribution in [-0.2, 0) is 6.54 Å². The summed E-state index contributed by atoms with van der Waals surface area (Å²) in [6.07, 6.45) is 2.70. The second-order valence-corrected chi connectivity index (χ2v) is 6.82. The number of nitrogens with one attached hydrogen (secondary N) is 1. The van der Waals surface area contributed by atoms with Crippen molar-refractivity contribution in [3.63, 3.8) is 0 Å². The first-order chi connectivity index (χ1) is 8.74. The predicted molar refractivity (Wildman–Crippen MR) is 82.1 cm³/mol. The lowest BCUT2D eigenvalue weighted by Crippen LogP contribution is -2.14. The molecule has 1 aliphatic carbocycles. The number of aryl methyl sites for hydroxylation is 1. The van der Waals surface area contributed by atoms with E-state index in [-0.39, 0.29) is 0 Å². The van der Waals surface area contributed by atoms with Crippen molar-refractivity contribution in [3.8, 4) is 10.4 Å². The number of thiophene rings is 1. The summed E-state index contributed by atoms with van der Waals surface area (Å²) in [5.41, 5.74) is 2.59. The second-order valence-electron chi connectivity index (χ2n) is 4.86. The average molecular weight is 322 g/mol. The number of hydrogen-bond donors (Lipinski definition) is 1. The van der Waals surface area contributed by atoms with Crippen LogP contribution in [0.3, 0.4) is 0 Å². The highest BCUT2D eigenvalue weighted by molar-refractivity contribution is 9.10. The molecule has 3 rings (SSSR count). The topological polar surface area (TPSA) is 12.0 Å². The molecular weight excluding hydrogens is 306 g/mol. The SMILES string of the molecule is Cc1cccc(-c2ccc(CNC3CC3)s2)c1Br. The zero-order valence-electron chi connectivity index (χ0n) is 10.4. The van der Waals surface area contributed by atoms with Crippen LogP contribution in [-0.4, -0.2) is 6.04 Å². The molecule has 0 saturated heterocycles. The Labute approximate surface area is 120 Å². The van der Waals surface area contributed by atoms with Gasteiger partial charge in [-0.05, 0) is 53.4 Å². The zero-order chi connectivity index (χ0) is 12.5. The summed E-state index contributed by atoms with van der Waals surface area (Å²) in [7, 11) is 0. The first kappa shape index (κ1) is 12.4. The molecule has 18 heavy (non-hydrogen) atoms. The summed E-state index contributed by atoms with van der Waals surface area (Å²) < 4.78 is 1.22. The highest BCUT2D eigenvalue weighted by atomic mass is 79.9. The fraction of sp³-hybridized carbons (Fsp3) is 0.333. The van der Waals surface area contributed by atoms with Gasteiger partial charge in [-0.1, -0.05) is 18.2 Å². The number of halogens is 1. The largest absolute Gasteiger partial charge is 0.309 e. The van der Waals surface area contributed by atoms with Crippen LogP contribution in [0.5, 0.6) is 0 Å². The third-order valence-corrected chi connectivity index (χ3v) is 5.43. The van der Waals surface area contributed by atoms with E-state index in [9.17, 15) is 0 Å². The van der Waals surface area contributed by atoms with Crippen LogP contribution in [0.25, 0.3) is 10.4 Å². The van der Waals surface area contributed by atoms with Gasteiger partial charge in [-0.2, -0.15) is 0 Å². The normalized spacial score (nSPS) is 15.0. The van der Waals surface area contributed by atoms with E-state index < -0.39 is 0 Å². The molecule has 1 aromatic carbocycles. The standard InChI is InChI=1S/C15H16BrNS/c1-10-3-2-4-13(15(10)16)14-8-7-12(18-14)9-17-11-5-6-11/h2-4,7-8,11,17H,5-6,9H2,1H3. The highest BCUT2D eigenvalue weighted by Crippen LogP contribution is 2.35. The summed E-state index contributed by atoms with van der Waals surface area (Å²) in [4.78, 5) is 2.77. The zero-order valence-corrected chi connectivity index (χ0v) is 12.8. The number of hydrogen-bond acceptors (Lipinski definition) is 2. The monoisotopic (exact) mass is 321 g/mol. The van der Waals surface area contributed by atoms with Crippen LogP contribution >= 0.6 is 27.3 Å². The quantitative estimate of drug-likeness (QED) is 0.857. The molecular formula is C15H16BrNS. The maximum atomic E-state index is 3.69. The lowest BCUT2D eigenvalue weighted by atomic mass is 10.1. The first-order valence-corrected chi connectivity index (χ1v) is 7.92. The Bertz CT molecular complexity index is 557. The summed E-state index contributed by atoms with van der Waals surface area (Å²) in [6.45, 7) is 3.15. The molecule has 3 heteroatoms. The molecule has 0 bridgehead atoms. The van der Waals surface area contributed by atoms with E-state index in [1.54, 1.807) is 0 Å². The Morgan fingerprint density at radius 1 is 1.28 bits per heavy atom. The van der Waals surface area contributed by atoms with Crippen LogP contribution in [0.15, 0.2) is 34.8 Å². The minimum absolute atomic E-state index is 0.779. The molecule has 0 atom stereocenters. The Morgan fingerprint density at radius 3 is 2.89 bits per heavy atom. The molecule has 0 unspecified atom stereocenters. The Morgan fingerprint density at radius 2 is 2.11 bits per heavy atom. The maximum Gasteiger partial charge on any atom is 0.0357 e. The molecule has 1 saturated carbocycles. The molecule has 94 valence electrons. The third-order valence-electron chi connectivity index (χ3n) is 3.26. The van der Waals surface area contributed by atoms with Crippen LogP contribution in [0.4, 0.5) is 0 Å². The van der Waals surface area contributed by atoms with Crippen molar-refractivity contribution in [2.24, 2.45) is 0 Å². The summed E-state index contributed by atoms with van der Waals surface area (Å²) in [6, 6.07) is 11.7. The maximum absolute atomic E-state index is 3.69. The van der Waals surface area contributed by atoms with E-state index in [0.717, 1.165) is 12.6 Å². The number of benzene rings is 1. The van der Waals surface area contributed by atoms with Gasteiger partial charge in [0.05, 0.1) is 0 Å². The fourth-order valence-electron chi connectivity index (χ4n) is 1.99. The summed E-state index contributed by atoms with van der Waals surface area (Å²) >= 11 is 5.58. The van der Waals surface area contributed by atoms with Crippen LogP contribution in [0, 0.1) is 6.92 Å². The molecule has 1 aromatic heterocycles. The molecule has 1 aliphatic rings. The lowest BCUT2D eigenvalue weighted by Gasteiger charge is -2.04. The molecule has 1 fully saturated rings. The van der Waals surface area contributed by atoms with Gasteiger partial charge in [-0.3, -0.25) is 0 Å². The van der Waals surface area contributed by atoms with Crippen LogP contribution in [0.1, 0.15) is 23.3 Å². The average Bonchev–Trinajstić information content (AvgIpc) is 3.08. The van der Waals surface area contributed by atoms with E-state index in [4.69, 9.17) is 0 Å². The van der Waals surface area contributed by atoms with Gasteiger partial charge >= 0.3 is 0 Å². The van der Waals surface area contributed by atoms with Gasteiger partial charge in [-0.15, -0.1) is 11.3 Å². The van der Waals surface area contributed by atoms with Crippen molar-refractivity contribution in [2.75, 3.05) is 0 Å². The van der Waals surface area contributed by atoms with Crippen molar-refractivity contribution >= 4 is 27.3 Å². The van der Waals surface area contributed by atoms with Gasteiger partial charge in [0.1, 0.15) is 0 Å². The van der Waals surface area contributed by atoms with E-state index in [2.05, 4.69) is 58.5 Å². The van der Waals surface area contributed by atoms with Crippen molar-refractivity contribution in [1.29, 1.82) is 0 Å². The van der Waals surface area contributed by atoms with Gasteiger partial charge < -0.3 is 5.32 Å². The minimum Gasteiger partial charge on any atom is -0.309 e. The molecule has 0 amide bonds. The van der Waals surface area contributed by atoms with Gasteiger partial charge in [0.25, 0.3) is 0 Å². The third kappa shape index (κ3) is 2.68. The highest BCUT2D eigenvalue weighted by Gasteiger charge is 2.20. The molecule has 1 N–H and O–H groups in total. The lowest BCUT2D eigenvalue weighted by molar-refractivity contribution is 0.695. The Kier molecular flexibility index (Phi) is 3.55. The van der Waals surface area contributed by atoms with Gasteiger partial charge in [0.2, 0.25) is 0 Å². The van der Waals surface area contributed by atoms with Crippen molar-refractivity contribution < 1.29 is 0 Å². The fourth-order valence-corrected chi connectivity index (χ4v) is 3.59. The van der Waals surface area contributed by atoms with E-state index >= 15 is 0 Å². The Hall–Kier alpha value is -0.640. The molecule has 0 radical (unpaired) electrons. The van der Waals surface area contributed by atoms with E-state index in [1.165, 1.54) is 38.2 Å². The van der Waals surface area contributed by atoms with Crippen molar-refractivity contribution in [2.45, 2.75) is 32.4 Å². The van der Waals surface area contributed by atoms with Crippen LogP contribution < -0.4 is 5.32 Å². The summed E-state index contributed by atoms with van der Waals surface area (Å²) in [5.74, 6) is 0. The van der Waals surface area contributed by atoms with Crippen molar-refractivity contribution in [3.05, 3.63) is 45.2 Å². The smallest absolute Gasteiger partial charge is 0.0357 e. The van der Waals surface area contributed by atoms with E-state index in [0.29, 0.717) is 0 Å². The Balaban J connectivity index is 1.80. The molecule has 0 spiro atoms. The molecule has 2 aromatic rings. The molecule has 1 nitrogen and oxygen atoms in total. The van der Waals surface area contributed by atoms with Crippen molar-refractivity contribution in [1.82, 2.24) is 5.32 Å². The summed E-state index contributed by atoms with van der Waals surface area (Å²) in [5, 5.41) is 3.56.